The molecule has 3 nitrogen and oxygen atoms in total. The Hall–Kier alpha value is -0.870. The van der Waals surface area contributed by atoms with Crippen molar-refractivity contribution in [3.05, 3.63) is 21.9 Å². The van der Waals surface area contributed by atoms with Gasteiger partial charge in [-0.3, -0.25) is 4.79 Å². The third-order valence-corrected chi connectivity index (χ3v) is 3.08. The maximum Gasteiger partial charge on any atom is 0.308 e. The summed E-state index contributed by atoms with van der Waals surface area (Å²) in [5, 5.41) is 10.8. The summed E-state index contributed by atoms with van der Waals surface area (Å²) in [6, 6.07) is 2.00. The van der Waals surface area contributed by atoms with E-state index in [-0.39, 0.29) is 6.54 Å². The fourth-order valence-electron chi connectivity index (χ4n) is 1.11. The van der Waals surface area contributed by atoms with E-state index in [9.17, 15) is 4.79 Å². The number of aryl methyl sites for hydroxylation is 1. The molecule has 13 heavy (non-hydrogen) atoms. The van der Waals surface area contributed by atoms with Gasteiger partial charge in [-0.15, -0.1) is 11.3 Å². The Kier molecular flexibility index (Phi) is 3.45. The Bertz CT molecular complexity index is 296. The second kappa shape index (κ2) is 4.39. The molecule has 1 atom stereocenters. The molecule has 1 aromatic heterocycles. The standard InChI is InChI=1S/C9H13NO2S/c1-6-2-3-13-8(6)4-7(5-10)9(11)12/h2-3,7H,4-5,10H2,1H3,(H,11,12)/t7-/m0/s1. The van der Waals surface area contributed by atoms with Gasteiger partial charge >= 0.3 is 5.97 Å². The van der Waals surface area contributed by atoms with Crippen molar-refractivity contribution in [3.8, 4) is 0 Å². The molecule has 0 aliphatic carbocycles. The zero-order chi connectivity index (χ0) is 9.84. The number of carbonyl (C=O) groups is 1. The summed E-state index contributed by atoms with van der Waals surface area (Å²) in [6.07, 6.45) is 0.551. The lowest BCUT2D eigenvalue weighted by Crippen LogP contribution is -2.25. The zero-order valence-electron chi connectivity index (χ0n) is 7.49. The minimum atomic E-state index is -0.810. The molecule has 1 rings (SSSR count). The quantitative estimate of drug-likeness (QED) is 0.767. The highest BCUT2D eigenvalue weighted by Gasteiger charge is 2.17. The number of rotatable bonds is 4. The van der Waals surface area contributed by atoms with E-state index in [0.717, 1.165) is 10.4 Å². The van der Waals surface area contributed by atoms with Gasteiger partial charge in [0.2, 0.25) is 0 Å². The van der Waals surface area contributed by atoms with Crippen LogP contribution < -0.4 is 5.73 Å². The second-order valence-electron chi connectivity index (χ2n) is 3.00. The number of thiophene rings is 1. The largest absolute Gasteiger partial charge is 0.481 e. The number of carboxylic acid groups (broad SMARTS) is 1. The van der Waals surface area contributed by atoms with Gasteiger partial charge in [0.15, 0.2) is 0 Å². The molecule has 0 saturated carbocycles. The van der Waals surface area contributed by atoms with Crippen molar-refractivity contribution in [2.45, 2.75) is 13.3 Å². The Morgan fingerprint density at radius 3 is 2.85 bits per heavy atom. The van der Waals surface area contributed by atoms with E-state index in [1.165, 1.54) is 0 Å². The Morgan fingerprint density at radius 2 is 2.46 bits per heavy atom. The molecule has 3 N–H and O–H groups in total. The highest BCUT2D eigenvalue weighted by Crippen LogP contribution is 2.19. The predicted molar refractivity (Wildman–Crippen MR) is 52.9 cm³/mol. The molecule has 0 bridgehead atoms. The number of nitrogens with two attached hydrogens (primary N) is 1. The molecule has 1 aromatic rings. The number of hydrogen-bond acceptors (Lipinski definition) is 3. The van der Waals surface area contributed by atoms with Crippen LogP contribution in [0.15, 0.2) is 11.4 Å². The third kappa shape index (κ3) is 2.54. The summed E-state index contributed by atoms with van der Waals surface area (Å²) in [5.74, 6) is -1.26. The number of aliphatic carboxylic acids is 1. The topological polar surface area (TPSA) is 63.3 Å². The van der Waals surface area contributed by atoms with Crippen LogP contribution in [0.2, 0.25) is 0 Å². The SMILES string of the molecule is Cc1ccsc1C[C@@H](CN)C(=O)O. The van der Waals surface area contributed by atoms with Gasteiger partial charge in [-0.2, -0.15) is 0 Å². The van der Waals surface area contributed by atoms with Crippen LogP contribution in [0.25, 0.3) is 0 Å². The fourth-order valence-corrected chi connectivity index (χ4v) is 2.10. The third-order valence-electron chi connectivity index (χ3n) is 2.03. The molecular formula is C9H13NO2S. The van der Waals surface area contributed by atoms with Crippen molar-refractivity contribution >= 4 is 17.3 Å². The van der Waals surface area contributed by atoms with Gasteiger partial charge in [0, 0.05) is 11.4 Å². The summed E-state index contributed by atoms with van der Waals surface area (Å²) in [4.78, 5) is 11.8. The van der Waals surface area contributed by atoms with Crippen molar-refractivity contribution < 1.29 is 9.90 Å². The molecule has 0 aliphatic rings. The molecule has 0 unspecified atom stereocenters. The van der Waals surface area contributed by atoms with Crippen molar-refractivity contribution in [1.82, 2.24) is 0 Å². The van der Waals surface area contributed by atoms with Crippen molar-refractivity contribution in [3.63, 3.8) is 0 Å². The zero-order valence-corrected chi connectivity index (χ0v) is 8.30. The first-order chi connectivity index (χ1) is 6.15. The van der Waals surface area contributed by atoms with E-state index in [1.807, 2.05) is 18.4 Å². The lowest BCUT2D eigenvalue weighted by atomic mass is 10.0. The van der Waals surface area contributed by atoms with Gasteiger partial charge in [-0.1, -0.05) is 0 Å². The van der Waals surface area contributed by atoms with E-state index >= 15 is 0 Å². The van der Waals surface area contributed by atoms with Gasteiger partial charge in [0.1, 0.15) is 0 Å². The van der Waals surface area contributed by atoms with Crippen LogP contribution in [-0.4, -0.2) is 17.6 Å². The van der Waals surface area contributed by atoms with Crippen LogP contribution in [0.4, 0.5) is 0 Å². The van der Waals surface area contributed by atoms with Crippen LogP contribution >= 0.6 is 11.3 Å². The molecule has 0 aromatic carbocycles. The highest BCUT2D eigenvalue weighted by atomic mass is 32.1. The fraction of sp³-hybridized carbons (Fsp3) is 0.444. The molecule has 72 valence electrons. The Balaban J connectivity index is 2.67. The van der Waals surface area contributed by atoms with Crippen LogP contribution in [-0.2, 0) is 11.2 Å². The summed E-state index contributed by atoms with van der Waals surface area (Å²) >= 11 is 1.59. The maximum atomic E-state index is 10.7. The lowest BCUT2D eigenvalue weighted by Gasteiger charge is -2.08. The average molecular weight is 199 g/mol. The van der Waals surface area contributed by atoms with Gasteiger partial charge in [0.25, 0.3) is 0 Å². The first-order valence-electron chi connectivity index (χ1n) is 4.11. The van der Waals surface area contributed by atoms with E-state index in [1.54, 1.807) is 11.3 Å². The normalized spacial score (nSPS) is 12.8. The minimum absolute atomic E-state index is 0.201. The van der Waals surface area contributed by atoms with Crippen LogP contribution in [0.1, 0.15) is 10.4 Å². The Morgan fingerprint density at radius 1 is 1.77 bits per heavy atom. The molecule has 0 fully saturated rings. The maximum absolute atomic E-state index is 10.7. The molecular weight excluding hydrogens is 186 g/mol. The van der Waals surface area contributed by atoms with E-state index < -0.39 is 11.9 Å². The molecule has 4 heteroatoms. The van der Waals surface area contributed by atoms with E-state index in [0.29, 0.717) is 6.42 Å². The lowest BCUT2D eigenvalue weighted by molar-refractivity contribution is -0.141. The average Bonchev–Trinajstić information content (AvgIpc) is 2.46. The van der Waals surface area contributed by atoms with Crippen molar-refractivity contribution in [1.29, 1.82) is 0 Å². The molecule has 1 heterocycles. The van der Waals surface area contributed by atoms with E-state index in [2.05, 4.69) is 0 Å². The summed E-state index contributed by atoms with van der Waals surface area (Å²) in [5.41, 5.74) is 6.52. The van der Waals surface area contributed by atoms with Crippen molar-refractivity contribution in [2.75, 3.05) is 6.54 Å². The highest BCUT2D eigenvalue weighted by molar-refractivity contribution is 7.10. The summed E-state index contributed by atoms with van der Waals surface area (Å²) in [7, 11) is 0. The van der Waals surface area contributed by atoms with Crippen LogP contribution in [0, 0.1) is 12.8 Å². The smallest absolute Gasteiger partial charge is 0.308 e. The number of carboxylic acids is 1. The minimum Gasteiger partial charge on any atom is -0.481 e. The van der Waals surface area contributed by atoms with Gasteiger partial charge in [-0.25, -0.2) is 0 Å². The van der Waals surface area contributed by atoms with Crippen LogP contribution in [0.3, 0.4) is 0 Å². The first kappa shape index (κ1) is 10.2. The van der Waals surface area contributed by atoms with Crippen LogP contribution in [0.5, 0.6) is 0 Å². The summed E-state index contributed by atoms with van der Waals surface area (Å²) < 4.78 is 0. The monoisotopic (exact) mass is 199 g/mol. The Labute approximate surface area is 81.2 Å². The second-order valence-corrected chi connectivity index (χ2v) is 4.00. The van der Waals surface area contributed by atoms with Crippen molar-refractivity contribution in [2.24, 2.45) is 11.7 Å². The van der Waals surface area contributed by atoms with E-state index in [4.69, 9.17) is 10.8 Å². The first-order valence-corrected chi connectivity index (χ1v) is 4.99. The van der Waals surface area contributed by atoms with Gasteiger partial charge in [0.05, 0.1) is 5.92 Å². The molecule has 0 spiro atoms. The predicted octanol–water partition coefficient (Wildman–Crippen LogP) is 1.26. The molecule has 0 amide bonds. The molecule has 0 aliphatic heterocycles. The van der Waals surface area contributed by atoms with Gasteiger partial charge in [-0.05, 0) is 30.4 Å². The molecule has 0 saturated heterocycles. The molecule has 0 radical (unpaired) electrons. The number of hydrogen-bond donors (Lipinski definition) is 2. The van der Waals surface area contributed by atoms with Gasteiger partial charge < -0.3 is 10.8 Å². The summed E-state index contributed by atoms with van der Waals surface area (Å²) in [6.45, 7) is 2.19.